The normalized spacial score (nSPS) is 16.6. The van der Waals surface area contributed by atoms with Crippen molar-refractivity contribution in [2.45, 2.75) is 39.0 Å². The third kappa shape index (κ3) is 4.97. The standard InChI is InChI=1S/C17H25NO2/c1-15(19)16-7-9-17(10-8-16)20-14-6-13-18-11-4-2-3-5-12-18/h7-10H,2-6,11-14H2,1H3. The van der Waals surface area contributed by atoms with Crippen LogP contribution in [0.4, 0.5) is 0 Å². The summed E-state index contributed by atoms with van der Waals surface area (Å²) in [5, 5.41) is 0. The Balaban J connectivity index is 1.66. The highest BCUT2D eigenvalue weighted by Gasteiger charge is 2.08. The molecule has 1 aromatic carbocycles. The fourth-order valence-electron chi connectivity index (χ4n) is 2.62. The molecule has 1 aliphatic rings. The Morgan fingerprint density at radius 1 is 1.10 bits per heavy atom. The molecule has 0 spiro atoms. The van der Waals surface area contributed by atoms with Crippen molar-refractivity contribution in [3.8, 4) is 5.75 Å². The minimum absolute atomic E-state index is 0.0951. The molecule has 0 aliphatic carbocycles. The quantitative estimate of drug-likeness (QED) is 0.587. The van der Waals surface area contributed by atoms with Crippen LogP contribution in [0.1, 0.15) is 49.4 Å². The number of likely N-dealkylation sites (tertiary alicyclic amines) is 1. The van der Waals surface area contributed by atoms with Crippen LogP contribution in [-0.4, -0.2) is 36.9 Å². The van der Waals surface area contributed by atoms with E-state index < -0.39 is 0 Å². The lowest BCUT2D eigenvalue weighted by atomic mass is 10.1. The van der Waals surface area contributed by atoms with Gasteiger partial charge in [0.05, 0.1) is 6.61 Å². The molecule has 0 saturated carbocycles. The molecular formula is C17H25NO2. The van der Waals surface area contributed by atoms with E-state index in [2.05, 4.69) is 4.90 Å². The topological polar surface area (TPSA) is 29.5 Å². The third-order valence-electron chi connectivity index (χ3n) is 3.85. The average molecular weight is 275 g/mol. The minimum Gasteiger partial charge on any atom is -0.494 e. The molecule has 20 heavy (non-hydrogen) atoms. The summed E-state index contributed by atoms with van der Waals surface area (Å²) in [6.07, 6.45) is 6.51. The van der Waals surface area contributed by atoms with Crippen molar-refractivity contribution < 1.29 is 9.53 Å². The molecule has 1 aromatic rings. The van der Waals surface area contributed by atoms with Gasteiger partial charge >= 0.3 is 0 Å². The summed E-state index contributed by atoms with van der Waals surface area (Å²) in [6, 6.07) is 7.41. The van der Waals surface area contributed by atoms with Crippen molar-refractivity contribution in [2.24, 2.45) is 0 Å². The van der Waals surface area contributed by atoms with Gasteiger partial charge in [-0.3, -0.25) is 4.79 Å². The summed E-state index contributed by atoms with van der Waals surface area (Å²) in [5.41, 5.74) is 0.738. The van der Waals surface area contributed by atoms with Crippen LogP contribution in [0.25, 0.3) is 0 Å². The second-order valence-electron chi connectivity index (χ2n) is 5.54. The number of ketones is 1. The first-order valence-corrected chi connectivity index (χ1v) is 7.72. The van der Waals surface area contributed by atoms with Crippen molar-refractivity contribution in [3.63, 3.8) is 0 Å². The number of Topliss-reactive ketones (excluding diaryl/α,β-unsaturated/α-hetero) is 1. The van der Waals surface area contributed by atoms with Gasteiger partial charge in [-0.15, -0.1) is 0 Å². The van der Waals surface area contributed by atoms with Crippen molar-refractivity contribution in [3.05, 3.63) is 29.8 Å². The monoisotopic (exact) mass is 275 g/mol. The van der Waals surface area contributed by atoms with Crippen LogP contribution in [0.3, 0.4) is 0 Å². The van der Waals surface area contributed by atoms with Crippen molar-refractivity contribution >= 4 is 5.78 Å². The summed E-state index contributed by atoms with van der Waals surface area (Å²) < 4.78 is 5.73. The maximum Gasteiger partial charge on any atom is 0.159 e. The summed E-state index contributed by atoms with van der Waals surface area (Å²) in [6.45, 7) is 5.94. The maximum absolute atomic E-state index is 11.2. The Kier molecular flexibility index (Phi) is 6.06. The molecule has 0 aromatic heterocycles. The first-order chi connectivity index (χ1) is 9.75. The van der Waals surface area contributed by atoms with E-state index in [-0.39, 0.29) is 5.78 Å². The van der Waals surface area contributed by atoms with Gasteiger partial charge in [-0.1, -0.05) is 12.8 Å². The van der Waals surface area contributed by atoms with E-state index >= 15 is 0 Å². The van der Waals surface area contributed by atoms with E-state index in [0.717, 1.165) is 30.9 Å². The van der Waals surface area contributed by atoms with Crippen molar-refractivity contribution in [1.29, 1.82) is 0 Å². The summed E-state index contributed by atoms with van der Waals surface area (Å²) in [7, 11) is 0. The number of nitrogens with zero attached hydrogens (tertiary/aromatic N) is 1. The first kappa shape index (κ1) is 15.0. The molecule has 110 valence electrons. The number of ether oxygens (including phenoxy) is 1. The van der Waals surface area contributed by atoms with Gasteiger partial charge < -0.3 is 9.64 Å². The molecule has 3 heteroatoms. The Hall–Kier alpha value is -1.35. The largest absolute Gasteiger partial charge is 0.494 e. The number of hydrogen-bond acceptors (Lipinski definition) is 3. The lowest BCUT2D eigenvalue weighted by molar-refractivity contribution is 0.101. The molecule has 1 fully saturated rings. The second kappa shape index (κ2) is 8.05. The first-order valence-electron chi connectivity index (χ1n) is 7.72. The number of rotatable bonds is 6. The SMILES string of the molecule is CC(=O)c1ccc(OCCCN2CCCCCC2)cc1. The van der Waals surface area contributed by atoms with Crippen LogP contribution in [0.2, 0.25) is 0 Å². The number of carbonyl (C=O) groups excluding carboxylic acids is 1. The lowest BCUT2D eigenvalue weighted by Gasteiger charge is -2.19. The predicted octanol–water partition coefficient (Wildman–Crippen LogP) is 3.53. The molecular weight excluding hydrogens is 250 g/mol. The highest BCUT2D eigenvalue weighted by atomic mass is 16.5. The number of carbonyl (C=O) groups is 1. The molecule has 1 aliphatic heterocycles. The molecule has 1 heterocycles. The van der Waals surface area contributed by atoms with Gasteiger partial charge in [0.15, 0.2) is 5.78 Å². The fourth-order valence-corrected chi connectivity index (χ4v) is 2.62. The van der Waals surface area contributed by atoms with Crippen molar-refractivity contribution in [2.75, 3.05) is 26.2 Å². The maximum atomic E-state index is 11.2. The van der Waals surface area contributed by atoms with Crippen LogP contribution in [0.15, 0.2) is 24.3 Å². The van der Waals surface area contributed by atoms with Gasteiger partial charge in [-0.25, -0.2) is 0 Å². The smallest absolute Gasteiger partial charge is 0.159 e. The Bertz CT molecular complexity index is 406. The van der Waals surface area contributed by atoms with E-state index in [9.17, 15) is 4.79 Å². The zero-order valence-electron chi connectivity index (χ0n) is 12.4. The van der Waals surface area contributed by atoms with Crippen LogP contribution >= 0.6 is 0 Å². The Morgan fingerprint density at radius 3 is 2.35 bits per heavy atom. The lowest BCUT2D eigenvalue weighted by Crippen LogP contribution is -2.26. The minimum atomic E-state index is 0.0951. The van der Waals surface area contributed by atoms with Gasteiger partial charge in [0.1, 0.15) is 5.75 Å². The zero-order chi connectivity index (χ0) is 14.2. The van der Waals surface area contributed by atoms with E-state index in [4.69, 9.17) is 4.74 Å². The highest BCUT2D eigenvalue weighted by molar-refractivity contribution is 5.94. The Morgan fingerprint density at radius 2 is 1.75 bits per heavy atom. The fraction of sp³-hybridized carbons (Fsp3) is 0.588. The second-order valence-corrected chi connectivity index (χ2v) is 5.54. The molecule has 0 unspecified atom stereocenters. The molecule has 1 saturated heterocycles. The Labute approximate surface area is 121 Å². The highest BCUT2D eigenvalue weighted by Crippen LogP contribution is 2.13. The third-order valence-corrected chi connectivity index (χ3v) is 3.85. The molecule has 0 atom stereocenters. The number of hydrogen-bond donors (Lipinski definition) is 0. The van der Waals surface area contributed by atoms with E-state index in [1.165, 1.54) is 38.8 Å². The predicted molar refractivity (Wildman–Crippen MR) is 81.5 cm³/mol. The zero-order valence-corrected chi connectivity index (χ0v) is 12.4. The van der Waals surface area contributed by atoms with Crippen LogP contribution < -0.4 is 4.74 Å². The van der Waals surface area contributed by atoms with Gasteiger partial charge in [0.2, 0.25) is 0 Å². The molecule has 0 N–H and O–H groups in total. The van der Waals surface area contributed by atoms with Gasteiger partial charge in [0.25, 0.3) is 0 Å². The van der Waals surface area contributed by atoms with Crippen molar-refractivity contribution in [1.82, 2.24) is 4.90 Å². The molecule has 3 nitrogen and oxygen atoms in total. The molecule has 0 radical (unpaired) electrons. The van der Waals surface area contributed by atoms with E-state index in [1.807, 2.05) is 24.3 Å². The van der Waals surface area contributed by atoms with Gasteiger partial charge in [-0.05, 0) is 63.5 Å². The average Bonchev–Trinajstić information content (AvgIpc) is 2.73. The summed E-state index contributed by atoms with van der Waals surface area (Å²) in [5.74, 6) is 0.948. The molecule has 0 bridgehead atoms. The molecule has 2 rings (SSSR count). The van der Waals surface area contributed by atoms with E-state index in [0.29, 0.717) is 0 Å². The summed E-state index contributed by atoms with van der Waals surface area (Å²) in [4.78, 5) is 13.7. The van der Waals surface area contributed by atoms with E-state index in [1.54, 1.807) is 6.92 Å². The van der Waals surface area contributed by atoms with Crippen LogP contribution in [0.5, 0.6) is 5.75 Å². The number of benzene rings is 1. The van der Waals surface area contributed by atoms with Gasteiger partial charge in [-0.2, -0.15) is 0 Å². The van der Waals surface area contributed by atoms with Crippen LogP contribution in [0, 0.1) is 0 Å². The summed E-state index contributed by atoms with van der Waals surface area (Å²) >= 11 is 0. The van der Waals surface area contributed by atoms with Crippen LogP contribution in [-0.2, 0) is 0 Å². The van der Waals surface area contributed by atoms with Gasteiger partial charge in [0, 0.05) is 12.1 Å². The molecule has 0 amide bonds.